The summed E-state index contributed by atoms with van der Waals surface area (Å²) < 4.78 is 36.3. The van der Waals surface area contributed by atoms with Crippen LogP contribution in [0.5, 0.6) is 5.75 Å². The largest absolute Gasteiger partial charge is 0.495 e. The number of carbonyl (C=O) groups excluding carboxylic acids is 1. The molecule has 0 saturated heterocycles. The summed E-state index contributed by atoms with van der Waals surface area (Å²) in [5.74, 6) is -1.50. The van der Waals surface area contributed by atoms with Gasteiger partial charge in [-0.25, -0.2) is 13.6 Å². The third-order valence-corrected chi connectivity index (χ3v) is 2.83. The van der Waals surface area contributed by atoms with Crippen molar-refractivity contribution >= 4 is 11.7 Å². The SMILES string of the molecule is COc1ccc(C(=O)OCc2cc(F)ccc2F)cc1N. The predicted octanol–water partition coefficient (Wildman–Crippen LogP) is 2.91. The van der Waals surface area contributed by atoms with Crippen molar-refractivity contribution in [1.82, 2.24) is 0 Å². The van der Waals surface area contributed by atoms with E-state index in [1.807, 2.05) is 0 Å². The fourth-order valence-corrected chi connectivity index (χ4v) is 1.74. The number of rotatable bonds is 4. The van der Waals surface area contributed by atoms with Crippen molar-refractivity contribution in [2.75, 3.05) is 12.8 Å². The topological polar surface area (TPSA) is 61.5 Å². The van der Waals surface area contributed by atoms with Crippen LogP contribution in [-0.2, 0) is 11.3 Å². The molecule has 21 heavy (non-hydrogen) atoms. The summed E-state index contributed by atoms with van der Waals surface area (Å²) in [6.45, 7) is -0.367. The summed E-state index contributed by atoms with van der Waals surface area (Å²) in [5.41, 5.74) is 6.12. The molecule has 110 valence electrons. The van der Waals surface area contributed by atoms with Gasteiger partial charge in [-0.1, -0.05) is 0 Å². The molecule has 2 N–H and O–H groups in total. The first kappa shape index (κ1) is 14.8. The summed E-state index contributed by atoms with van der Waals surface area (Å²) in [6.07, 6.45) is 0. The molecule has 6 heteroatoms. The van der Waals surface area contributed by atoms with Crippen LogP contribution in [0, 0.1) is 11.6 Å². The molecule has 0 heterocycles. The van der Waals surface area contributed by atoms with Crippen molar-refractivity contribution in [1.29, 1.82) is 0 Å². The smallest absolute Gasteiger partial charge is 0.338 e. The molecule has 2 aromatic rings. The van der Waals surface area contributed by atoms with Crippen LogP contribution in [0.2, 0.25) is 0 Å². The molecule has 4 nitrogen and oxygen atoms in total. The number of carbonyl (C=O) groups is 1. The molecule has 0 aromatic heterocycles. The number of benzene rings is 2. The Morgan fingerprint density at radius 3 is 2.62 bits per heavy atom. The van der Waals surface area contributed by atoms with Crippen LogP contribution in [0.1, 0.15) is 15.9 Å². The van der Waals surface area contributed by atoms with E-state index in [0.717, 1.165) is 18.2 Å². The lowest BCUT2D eigenvalue weighted by Gasteiger charge is -2.08. The molecular formula is C15H13F2NO3. The number of esters is 1. The lowest BCUT2D eigenvalue weighted by atomic mass is 10.2. The molecule has 0 atom stereocenters. The van der Waals surface area contributed by atoms with Gasteiger partial charge >= 0.3 is 5.97 Å². The third kappa shape index (κ3) is 3.47. The quantitative estimate of drug-likeness (QED) is 0.695. The van der Waals surface area contributed by atoms with Crippen molar-refractivity contribution in [2.45, 2.75) is 6.61 Å². The average Bonchev–Trinajstić information content (AvgIpc) is 2.47. The Bertz CT molecular complexity index is 674. The highest BCUT2D eigenvalue weighted by atomic mass is 19.1. The molecule has 0 fully saturated rings. The van der Waals surface area contributed by atoms with Gasteiger partial charge in [0.15, 0.2) is 0 Å². The van der Waals surface area contributed by atoms with E-state index in [9.17, 15) is 13.6 Å². The number of anilines is 1. The van der Waals surface area contributed by atoms with Gasteiger partial charge in [0, 0.05) is 5.56 Å². The number of hydrogen-bond donors (Lipinski definition) is 1. The van der Waals surface area contributed by atoms with E-state index in [0.29, 0.717) is 5.75 Å². The van der Waals surface area contributed by atoms with Gasteiger partial charge in [-0.15, -0.1) is 0 Å². The molecule has 0 saturated carbocycles. The summed E-state index contributed by atoms with van der Waals surface area (Å²) in [4.78, 5) is 11.8. The van der Waals surface area contributed by atoms with E-state index < -0.39 is 17.6 Å². The van der Waals surface area contributed by atoms with Crippen LogP contribution in [-0.4, -0.2) is 13.1 Å². The molecule has 0 bridgehead atoms. The van der Waals surface area contributed by atoms with Crippen LogP contribution in [0.4, 0.5) is 14.5 Å². The van der Waals surface area contributed by atoms with Gasteiger partial charge in [0.25, 0.3) is 0 Å². The van der Waals surface area contributed by atoms with Gasteiger partial charge in [0.1, 0.15) is 24.0 Å². The van der Waals surface area contributed by atoms with Crippen LogP contribution >= 0.6 is 0 Å². The molecule has 2 aromatic carbocycles. The van der Waals surface area contributed by atoms with E-state index in [1.165, 1.54) is 25.3 Å². The monoisotopic (exact) mass is 293 g/mol. The molecule has 0 amide bonds. The van der Waals surface area contributed by atoms with E-state index in [2.05, 4.69) is 0 Å². The minimum atomic E-state index is -0.687. The molecule has 0 aliphatic rings. The summed E-state index contributed by atoms with van der Waals surface area (Å²) >= 11 is 0. The first-order valence-corrected chi connectivity index (χ1v) is 6.06. The van der Waals surface area contributed by atoms with Crippen LogP contribution in [0.25, 0.3) is 0 Å². The van der Waals surface area contributed by atoms with E-state index in [4.69, 9.17) is 15.2 Å². The van der Waals surface area contributed by atoms with E-state index in [1.54, 1.807) is 0 Å². The minimum Gasteiger partial charge on any atom is -0.495 e. The lowest BCUT2D eigenvalue weighted by Crippen LogP contribution is -2.07. The van der Waals surface area contributed by atoms with Gasteiger partial charge in [-0.3, -0.25) is 0 Å². The van der Waals surface area contributed by atoms with Crippen LogP contribution in [0.15, 0.2) is 36.4 Å². The number of nitrogens with two attached hydrogens (primary N) is 1. The lowest BCUT2D eigenvalue weighted by molar-refractivity contribution is 0.0468. The number of hydrogen-bond acceptors (Lipinski definition) is 4. The first-order chi connectivity index (χ1) is 10.0. The Balaban J connectivity index is 2.08. The van der Waals surface area contributed by atoms with Crippen LogP contribution in [0.3, 0.4) is 0 Å². The fourth-order valence-electron chi connectivity index (χ4n) is 1.74. The number of ether oxygens (including phenoxy) is 2. The second-order valence-electron chi connectivity index (χ2n) is 4.27. The molecule has 0 spiro atoms. The molecule has 0 aliphatic heterocycles. The minimum absolute atomic E-state index is 0.0372. The maximum atomic E-state index is 13.4. The number of nitrogen functional groups attached to an aromatic ring is 1. The zero-order valence-electron chi connectivity index (χ0n) is 11.2. The Labute approximate surface area is 120 Å². The van der Waals surface area contributed by atoms with Gasteiger partial charge < -0.3 is 15.2 Å². The second kappa shape index (κ2) is 6.21. The van der Waals surface area contributed by atoms with Gasteiger partial charge in [0.05, 0.1) is 18.4 Å². The Hall–Kier alpha value is -2.63. The average molecular weight is 293 g/mol. The number of halogens is 2. The van der Waals surface area contributed by atoms with Crippen molar-refractivity contribution in [3.05, 3.63) is 59.2 Å². The van der Waals surface area contributed by atoms with Gasteiger partial charge in [0.2, 0.25) is 0 Å². The summed E-state index contributed by atoms with van der Waals surface area (Å²) in [6, 6.07) is 7.33. The highest BCUT2D eigenvalue weighted by molar-refractivity contribution is 5.91. The normalized spacial score (nSPS) is 10.2. The second-order valence-corrected chi connectivity index (χ2v) is 4.27. The summed E-state index contributed by atoms with van der Waals surface area (Å²) in [7, 11) is 1.45. The molecule has 0 unspecified atom stereocenters. The van der Waals surface area contributed by atoms with Crippen molar-refractivity contribution in [3.8, 4) is 5.75 Å². The zero-order valence-corrected chi connectivity index (χ0v) is 11.2. The maximum absolute atomic E-state index is 13.4. The van der Waals surface area contributed by atoms with Crippen molar-refractivity contribution in [2.24, 2.45) is 0 Å². The van der Waals surface area contributed by atoms with E-state index in [-0.39, 0.29) is 23.4 Å². The van der Waals surface area contributed by atoms with Crippen molar-refractivity contribution < 1.29 is 23.0 Å². The van der Waals surface area contributed by atoms with Crippen LogP contribution < -0.4 is 10.5 Å². The highest BCUT2D eigenvalue weighted by Crippen LogP contribution is 2.22. The fraction of sp³-hybridized carbons (Fsp3) is 0.133. The highest BCUT2D eigenvalue weighted by Gasteiger charge is 2.12. The molecule has 0 aliphatic carbocycles. The number of methoxy groups -OCH3 is 1. The van der Waals surface area contributed by atoms with Crippen molar-refractivity contribution in [3.63, 3.8) is 0 Å². The first-order valence-electron chi connectivity index (χ1n) is 6.06. The Morgan fingerprint density at radius 2 is 1.95 bits per heavy atom. The molecule has 0 radical (unpaired) electrons. The summed E-state index contributed by atoms with van der Waals surface area (Å²) in [5, 5.41) is 0. The van der Waals surface area contributed by atoms with Gasteiger partial charge in [-0.05, 0) is 36.4 Å². The Morgan fingerprint density at radius 1 is 1.19 bits per heavy atom. The Kier molecular flexibility index (Phi) is 4.37. The zero-order chi connectivity index (χ0) is 15.4. The molecular weight excluding hydrogens is 280 g/mol. The van der Waals surface area contributed by atoms with Gasteiger partial charge in [-0.2, -0.15) is 0 Å². The molecule has 2 rings (SSSR count). The standard InChI is InChI=1S/C15H13F2NO3/c1-20-14-5-2-9(7-13(14)18)15(19)21-8-10-6-11(16)3-4-12(10)17/h2-7H,8,18H2,1H3. The third-order valence-electron chi connectivity index (χ3n) is 2.83. The predicted molar refractivity (Wildman–Crippen MR) is 72.9 cm³/mol. The van der Waals surface area contributed by atoms with E-state index >= 15 is 0 Å². The maximum Gasteiger partial charge on any atom is 0.338 e.